The molecule has 1 aromatic heterocycles. The molecule has 1 saturated heterocycles. The number of anilines is 1. The van der Waals surface area contributed by atoms with Crippen molar-refractivity contribution in [2.45, 2.75) is 32.7 Å². The Kier molecular flexibility index (Phi) is 5.97. The van der Waals surface area contributed by atoms with Crippen molar-refractivity contribution in [2.75, 3.05) is 25.2 Å². The van der Waals surface area contributed by atoms with Gasteiger partial charge in [0.1, 0.15) is 23.9 Å². The molecule has 1 fully saturated rings. The van der Waals surface area contributed by atoms with E-state index < -0.39 is 0 Å². The van der Waals surface area contributed by atoms with Gasteiger partial charge in [-0.3, -0.25) is 4.79 Å². The zero-order chi connectivity index (χ0) is 23.7. The van der Waals surface area contributed by atoms with E-state index in [1.807, 2.05) is 59.5 Å². The average Bonchev–Trinajstić information content (AvgIpc) is 3.42. The van der Waals surface area contributed by atoms with Crippen LogP contribution < -0.4 is 14.4 Å². The van der Waals surface area contributed by atoms with Gasteiger partial charge in [0.25, 0.3) is 0 Å². The monoisotopic (exact) mass is 455 g/mol. The smallest absolute Gasteiger partial charge is 0.227 e. The van der Waals surface area contributed by atoms with Gasteiger partial charge in [-0.1, -0.05) is 24.3 Å². The lowest BCUT2D eigenvalue weighted by Crippen LogP contribution is -2.25. The molecule has 0 N–H and O–H groups in total. The first-order valence-electron chi connectivity index (χ1n) is 11.6. The summed E-state index contributed by atoms with van der Waals surface area (Å²) in [5, 5.41) is 0. The number of rotatable bonds is 7. The van der Waals surface area contributed by atoms with Gasteiger partial charge in [-0.25, -0.2) is 4.98 Å². The van der Waals surface area contributed by atoms with Crippen molar-refractivity contribution in [3.05, 3.63) is 83.7 Å². The summed E-state index contributed by atoms with van der Waals surface area (Å²) in [5.41, 5.74) is 5.35. The summed E-state index contributed by atoms with van der Waals surface area (Å²) >= 11 is 0. The molecule has 5 rings (SSSR count). The van der Waals surface area contributed by atoms with Crippen LogP contribution in [0.25, 0.3) is 11.0 Å². The highest BCUT2D eigenvalue weighted by Crippen LogP contribution is 2.35. The SMILES string of the molecule is COc1ccc(OCCn2c([C@H]3CC(=O)N(c4cccc(C)c4C)C3)nc3ccccc32)cc1. The van der Waals surface area contributed by atoms with Crippen LogP contribution in [-0.2, 0) is 11.3 Å². The first kappa shape index (κ1) is 22.0. The maximum atomic E-state index is 13.1. The number of carbonyl (C=O) groups excluding carboxylic acids is 1. The van der Waals surface area contributed by atoms with Crippen LogP contribution in [0.2, 0.25) is 0 Å². The minimum Gasteiger partial charge on any atom is -0.497 e. The van der Waals surface area contributed by atoms with Crippen LogP contribution in [0.4, 0.5) is 5.69 Å². The van der Waals surface area contributed by atoms with Crippen LogP contribution in [0, 0.1) is 13.8 Å². The Morgan fingerprint density at radius 2 is 1.74 bits per heavy atom. The Balaban J connectivity index is 1.39. The maximum Gasteiger partial charge on any atom is 0.227 e. The molecule has 1 aliphatic heterocycles. The lowest BCUT2D eigenvalue weighted by Gasteiger charge is -2.20. The van der Waals surface area contributed by atoms with Crippen molar-refractivity contribution in [3.8, 4) is 11.5 Å². The number of para-hydroxylation sites is 2. The molecule has 4 aromatic rings. The number of amides is 1. The third-order valence-electron chi connectivity index (χ3n) is 6.68. The Labute approximate surface area is 199 Å². The zero-order valence-corrected chi connectivity index (χ0v) is 19.8. The number of carbonyl (C=O) groups is 1. The van der Waals surface area contributed by atoms with Crippen LogP contribution >= 0.6 is 0 Å². The lowest BCUT2D eigenvalue weighted by atomic mass is 10.1. The number of nitrogens with zero attached hydrogens (tertiary/aromatic N) is 3. The summed E-state index contributed by atoms with van der Waals surface area (Å²) in [6, 6.07) is 21.9. The second kappa shape index (κ2) is 9.21. The molecule has 0 spiro atoms. The fraction of sp³-hybridized carbons (Fsp3) is 0.286. The van der Waals surface area contributed by atoms with E-state index in [4.69, 9.17) is 14.5 Å². The molecule has 0 saturated carbocycles. The van der Waals surface area contributed by atoms with Gasteiger partial charge >= 0.3 is 0 Å². The highest BCUT2D eigenvalue weighted by atomic mass is 16.5. The largest absolute Gasteiger partial charge is 0.497 e. The second-order valence-electron chi connectivity index (χ2n) is 8.76. The zero-order valence-electron chi connectivity index (χ0n) is 19.8. The highest BCUT2D eigenvalue weighted by Gasteiger charge is 2.35. The number of fused-ring (bicyclic) bond motifs is 1. The minimum absolute atomic E-state index is 0.0285. The number of methoxy groups -OCH3 is 1. The number of aromatic nitrogens is 2. The number of benzene rings is 3. The maximum absolute atomic E-state index is 13.1. The van der Waals surface area contributed by atoms with E-state index in [0.29, 0.717) is 26.1 Å². The van der Waals surface area contributed by atoms with E-state index in [2.05, 4.69) is 30.5 Å². The topological polar surface area (TPSA) is 56.6 Å². The first-order chi connectivity index (χ1) is 16.5. The molecule has 0 unspecified atom stereocenters. The summed E-state index contributed by atoms with van der Waals surface area (Å²) in [5.74, 6) is 2.71. The van der Waals surface area contributed by atoms with Gasteiger partial charge < -0.3 is 18.9 Å². The van der Waals surface area contributed by atoms with Crippen LogP contribution in [0.15, 0.2) is 66.7 Å². The Hall–Kier alpha value is -3.80. The molecule has 1 aliphatic rings. The van der Waals surface area contributed by atoms with Gasteiger partial charge in [-0.15, -0.1) is 0 Å². The summed E-state index contributed by atoms with van der Waals surface area (Å²) < 4.78 is 13.4. The lowest BCUT2D eigenvalue weighted by molar-refractivity contribution is -0.117. The Bertz CT molecular complexity index is 1330. The number of ether oxygens (including phenoxy) is 2. The number of hydrogen-bond donors (Lipinski definition) is 0. The predicted molar refractivity (Wildman–Crippen MR) is 134 cm³/mol. The molecule has 1 amide bonds. The molecule has 1 atom stereocenters. The van der Waals surface area contributed by atoms with Crippen molar-refractivity contribution < 1.29 is 14.3 Å². The van der Waals surface area contributed by atoms with Crippen molar-refractivity contribution in [1.29, 1.82) is 0 Å². The minimum atomic E-state index is 0.0285. The molecule has 174 valence electrons. The van der Waals surface area contributed by atoms with Gasteiger partial charge in [0.05, 0.1) is 24.7 Å². The van der Waals surface area contributed by atoms with Gasteiger partial charge in [0.2, 0.25) is 5.91 Å². The third kappa shape index (κ3) is 4.12. The quantitative estimate of drug-likeness (QED) is 0.381. The Morgan fingerprint density at radius 3 is 2.53 bits per heavy atom. The predicted octanol–water partition coefficient (Wildman–Crippen LogP) is 5.26. The fourth-order valence-electron chi connectivity index (χ4n) is 4.71. The summed E-state index contributed by atoms with van der Waals surface area (Å²) in [6.07, 6.45) is 0.454. The molecule has 34 heavy (non-hydrogen) atoms. The van der Waals surface area contributed by atoms with E-state index in [-0.39, 0.29) is 11.8 Å². The van der Waals surface area contributed by atoms with Gasteiger partial charge in [0, 0.05) is 24.6 Å². The first-order valence-corrected chi connectivity index (χ1v) is 11.6. The van der Waals surface area contributed by atoms with Crippen molar-refractivity contribution in [3.63, 3.8) is 0 Å². The third-order valence-corrected chi connectivity index (χ3v) is 6.68. The van der Waals surface area contributed by atoms with Crippen LogP contribution in [0.5, 0.6) is 11.5 Å². The van der Waals surface area contributed by atoms with Crippen molar-refractivity contribution >= 4 is 22.6 Å². The van der Waals surface area contributed by atoms with Gasteiger partial charge in [-0.2, -0.15) is 0 Å². The fourth-order valence-corrected chi connectivity index (χ4v) is 4.71. The van der Waals surface area contributed by atoms with E-state index in [1.165, 1.54) is 5.56 Å². The number of aryl methyl sites for hydroxylation is 1. The van der Waals surface area contributed by atoms with E-state index in [0.717, 1.165) is 39.6 Å². The van der Waals surface area contributed by atoms with E-state index >= 15 is 0 Å². The number of imidazole rings is 1. The van der Waals surface area contributed by atoms with Crippen LogP contribution in [0.1, 0.15) is 29.3 Å². The summed E-state index contributed by atoms with van der Waals surface area (Å²) in [7, 11) is 1.65. The molecule has 3 aromatic carbocycles. The molecule has 6 nitrogen and oxygen atoms in total. The second-order valence-corrected chi connectivity index (χ2v) is 8.76. The average molecular weight is 456 g/mol. The van der Waals surface area contributed by atoms with Crippen molar-refractivity contribution in [1.82, 2.24) is 9.55 Å². The van der Waals surface area contributed by atoms with Crippen molar-refractivity contribution in [2.24, 2.45) is 0 Å². The molecule has 6 heteroatoms. The van der Waals surface area contributed by atoms with Gasteiger partial charge in [-0.05, 0) is 67.4 Å². The molecular formula is C28H29N3O3. The van der Waals surface area contributed by atoms with Crippen LogP contribution in [0.3, 0.4) is 0 Å². The normalized spacial score (nSPS) is 15.8. The number of hydrogen-bond acceptors (Lipinski definition) is 4. The summed E-state index contributed by atoms with van der Waals surface area (Å²) in [4.78, 5) is 19.9. The highest BCUT2D eigenvalue weighted by molar-refractivity contribution is 5.97. The molecule has 0 bridgehead atoms. The van der Waals surface area contributed by atoms with Crippen LogP contribution in [-0.4, -0.2) is 35.7 Å². The Morgan fingerprint density at radius 1 is 0.971 bits per heavy atom. The summed E-state index contributed by atoms with van der Waals surface area (Å²) in [6.45, 7) is 5.94. The molecule has 0 aliphatic carbocycles. The standard InChI is InChI=1S/C28H29N3O3/c1-19-7-6-10-25(20(19)2)31-18-21(17-27(31)32)28-29-24-8-4-5-9-26(24)30(28)15-16-34-23-13-11-22(33-3)12-14-23/h4-14,21H,15-18H2,1-3H3/t21-/m0/s1. The molecule has 0 radical (unpaired) electrons. The molecule has 2 heterocycles. The van der Waals surface area contributed by atoms with E-state index in [1.54, 1.807) is 7.11 Å². The van der Waals surface area contributed by atoms with E-state index in [9.17, 15) is 4.79 Å². The van der Waals surface area contributed by atoms with Gasteiger partial charge in [0.15, 0.2) is 0 Å². The molecular weight excluding hydrogens is 426 g/mol.